The molecule has 0 aliphatic rings. The topological polar surface area (TPSA) is 54.8 Å². The van der Waals surface area contributed by atoms with Crippen LogP contribution < -0.4 is 4.90 Å². The van der Waals surface area contributed by atoms with E-state index in [1.54, 1.807) is 17.5 Å². The van der Waals surface area contributed by atoms with Gasteiger partial charge in [-0.3, -0.25) is 4.98 Å². The third kappa shape index (κ3) is 3.37. The zero-order valence-corrected chi connectivity index (χ0v) is 14.6. The van der Waals surface area contributed by atoms with Crippen LogP contribution in [0.3, 0.4) is 0 Å². The molecule has 0 saturated heterocycles. The molecule has 23 heavy (non-hydrogen) atoms. The average Bonchev–Trinajstić information content (AvgIpc) is 2.95. The lowest BCUT2D eigenvalue weighted by Gasteiger charge is -2.20. The van der Waals surface area contributed by atoms with Crippen molar-refractivity contribution in [1.82, 2.24) is 19.9 Å². The first kappa shape index (κ1) is 15.6. The second-order valence-electron chi connectivity index (χ2n) is 5.53. The molecule has 3 aromatic heterocycles. The number of nitrogens with zero attached hydrogens (tertiary/aromatic N) is 5. The fourth-order valence-corrected chi connectivity index (χ4v) is 3.17. The number of pyridine rings is 1. The highest BCUT2D eigenvalue weighted by atomic mass is 32.1. The molecule has 0 aromatic carbocycles. The smallest absolute Gasteiger partial charge is 0.180 e. The molecular weight excluding hydrogens is 306 g/mol. The summed E-state index contributed by atoms with van der Waals surface area (Å²) in [4.78, 5) is 20.3. The summed E-state index contributed by atoms with van der Waals surface area (Å²) in [6.07, 6.45) is 1.76. The van der Waals surface area contributed by atoms with E-state index in [2.05, 4.69) is 32.2 Å². The Morgan fingerprint density at radius 2 is 1.91 bits per heavy atom. The molecule has 0 spiro atoms. The third-order valence-electron chi connectivity index (χ3n) is 3.66. The first-order valence-electron chi connectivity index (χ1n) is 7.43. The zero-order valence-electron chi connectivity index (χ0n) is 13.7. The predicted molar refractivity (Wildman–Crippen MR) is 93.7 cm³/mol. The Kier molecular flexibility index (Phi) is 4.34. The Balaban J connectivity index is 1.96. The van der Waals surface area contributed by atoms with Crippen LogP contribution in [0.2, 0.25) is 0 Å². The van der Waals surface area contributed by atoms with E-state index in [-0.39, 0.29) is 0 Å². The van der Waals surface area contributed by atoms with Gasteiger partial charge in [-0.15, -0.1) is 11.3 Å². The SMILES string of the molecule is Cc1csc(CN(C)c2nc(-c3ccccn3)nc(C)c2C)n1. The molecule has 118 valence electrons. The monoisotopic (exact) mass is 325 g/mol. The van der Waals surface area contributed by atoms with E-state index in [4.69, 9.17) is 4.98 Å². The van der Waals surface area contributed by atoms with E-state index in [9.17, 15) is 0 Å². The van der Waals surface area contributed by atoms with Crippen LogP contribution in [0, 0.1) is 20.8 Å². The van der Waals surface area contributed by atoms with Gasteiger partial charge in [0.2, 0.25) is 0 Å². The Morgan fingerprint density at radius 3 is 2.57 bits per heavy atom. The summed E-state index contributed by atoms with van der Waals surface area (Å²) in [5, 5.41) is 3.15. The number of hydrogen-bond acceptors (Lipinski definition) is 6. The van der Waals surface area contributed by atoms with Crippen molar-refractivity contribution in [1.29, 1.82) is 0 Å². The van der Waals surface area contributed by atoms with Gasteiger partial charge in [0.1, 0.15) is 16.5 Å². The van der Waals surface area contributed by atoms with Gasteiger partial charge in [0.25, 0.3) is 0 Å². The van der Waals surface area contributed by atoms with E-state index in [1.165, 1.54) is 0 Å². The van der Waals surface area contributed by atoms with Crippen molar-refractivity contribution in [2.75, 3.05) is 11.9 Å². The minimum Gasteiger partial charge on any atom is -0.353 e. The molecule has 0 bridgehead atoms. The normalized spacial score (nSPS) is 10.8. The molecule has 6 heteroatoms. The molecule has 0 aliphatic carbocycles. The molecule has 0 amide bonds. The minimum absolute atomic E-state index is 0.658. The van der Waals surface area contributed by atoms with Crippen LogP contribution in [0.4, 0.5) is 5.82 Å². The standard InChI is InChI=1S/C17H19N5S/c1-11-10-23-15(19-11)9-22(4)17-12(2)13(3)20-16(21-17)14-7-5-6-8-18-14/h5-8,10H,9H2,1-4H3. The molecule has 3 rings (SSSR count). The number of rotatable bonds is 4. The van der Waals surface area contributed by atoms with Gasteiger partial charge in [-0.2, -0.15) is 0 Å². The van der Waals surface area contributed by atoms with E-state index in [1.807, 2.05) is 39.1 Å². The largest absolute Gasteiger partial charge is 0.353 e. The Bertz CT molecular complexity index is 813. The average molecular weight is 325 g/mol. The van der Waals surface area contributed by atoms with Gasteiger partial charge in [0, 0.05) is 35.6 Å². The Hall–Kier alpha value is -2.34. The van der Waals surface area contributed by atoms with E-state index in [0.29, 0.717) is 5.82 Å². The van der Waals surface area contributed by atoms with Gasteiger partial charge in [-0.25, -0.2) is 15.0 Å². The van der Waals surface area contributed by atoms with Crippen LogP contribution in [0.25, 0.3) is 11.5 Å². The van der Waals surface area contributed by atoms with Crippen molar-refractivity contribution < 1.29 is 0 Å². The number of aromatic nitrogens is 4. The summed E-state index contributed by atoms with van der Waals surface area (Å²) in [5.74, 6) is 1.58. The Labute approximate surface area is 140 Å². The van der Waals surface area contributed by atoms with E-state index < -0.39 is 0 Å². The van der Waals surface area contributed by atoms with Crippen molar-refractivity contribution in [3.63, 3.8) is 0 Å². The quantitative estimate of drug-likeness (QED) is 0.734. The maximum absolute atomic E-state index is 4.74. The molecule has 3 heterocycles. The maximum Gasteiger partial charge on any atom is 0.180 e. The molecule has 5 nitrogen and oxygen atoms in total. The van der Waals surface area contributed by atoms with Crippen molar-refractivity contribution >= 4 is 17.2 Å². The minimum atomic E-state index is 0.658. The van der Waals surface area contributed by atoms with Crippen LogP contribution in [0.1, 0.15) is 22.0 Å². The van der Waals surface area contributed by atoms with Gasteiger partial charge in [0.05, 0.1) is 6.54 Å². The second-order valence-corrected chi connectivity index (χ2v) is 6.48. The summed E-state index contributed by atoms with van der Waals surface area (Å²) in [6.45, 7) is 6.81. The van der Waals surface area contributed by atoms with Crippen LogP contribution in [-0.2, 0) is 6.54 Å². The van der Waals surface area contributed by atoms with Gasteiger partial charge < -0.3 is 4.90 Å². The maximum atomic E-state index is 4.74. The summed E-state index contributed by atoms with van der Waals surface area (Å²) < 4.78 is 0. The molecule has 0 saturated carbocycles. The molecule has 0 radical (unpaired) electrons. The predicted octanol–water partition coefficient (Wildman–Crippen LogP) is 3.56. The van der Waals surface area contributed by atoms with Crippen LogP contribution in [0.5, 0.6) is 0 Å². The highest BCUT2D eigenvalue weighted by molar-refractivity contribution is 7.09. The fourth-order valence-electron chi connectivity index (χ4n) is 2.35. The zero-order chi connectivity index (χ0) is 16.4. The van der Waals surface area contributed by atoms with Crippen molar-refractivity contribution in [2.24, 2.45) is 0 Å². The second kappa shape index (κ2) is 6.42. The summed E-state index contributed by atoms with van der Waals surface area (Å²) in [5.41, 5.74) is 3.90. The van der Waals surface area contributed by atoms with Crippen LogP contribution >= 0.6 is 11.3 Å². The van der Waals surface area contributed by atoms with Crippen molar-refractivity contribution in [3.8, 4) is 11.5 Å². The molecule has 3 aromatic rings. The summed E-state index contributed by atoms with van der Waals surface area (Å²) >= 11 is 1.67. The molecule has 0 fully saturated rings. The molecule has 0 unspecified atom stereocenters. The number of hydrogen-bond donors (Lipinski definition) is 0. The van der Waals surface area contributed by atoms with Crippen LogP contribution in [0.15, 0.2) is 29.8 Å². The first-order valence-corrected chi connectivity index (χ1v) is 8.31. The molecular formula is C17H19N5S. The Morgan fingerprint density at radius 1 is 1.09 bits per heavy atom. The number of anilines is 1. The first-order chi connectivity index (χ1) is 11.0. The highest BCUT2D eigenvalue weighted by Crippen LogP contribution is 2.24. The van der Waals surface area contributed by atoms with Gasteiger partial charge in [0.15, 0.2) is 5.82 Å². The molecule has 0 N–H and O–H groups in total. The molecule has 0 aliphatic heterocycles. The summed E-state index contributed by atoms with van der Waals surface area (Å²) in [6, 6.07) is 5.77. The van der Waals surface area contributed by atoms with Crippen LogP contribution in [-0.4, -0.2) is 27.0 Å². The third-order valence-corrected chi connectivity index (χ3v) is 4.61. The number of thiazole rings is 1. The lowest BCUT2D eigenvalue weighted by atomic mass is 10.2. The molecule has 0 atom stereocenters. The van der Waals surface area contributed by atoms with Gasteiger partial charge in [-0.05, 0) is 32.9 Å². The van der Waals surface area contributed by atoms with Gasteiger partial charge in [-0.1, -0.05) is 6.07 Å². The lowest BCUT2D eigenvalue weighted by molar-refractivity contribution is 0.865. The fraction of sp³-hybridized carbons (Fsp3) is 0.294. The van der Waals surface area contributed by atoms with E-state index >= 15 is 0 Å². The van der Waals surface area contributed by atoms with Crippen molar-refractivity contribution in [2.45, 2.75) is 27.3 Å². The highest BCUT2D eigenvalue weighted by Gasteiger charge is 2.15. The number of aryl methyl sites for hydroxylation is 2. The summed E-state index contributed by atoms with van der Waals surface area (Å²) in [7, 11) is 2.04. The lowest BCUT2D eigenvalue weighted by Crippen LogP contribution is -2.20. The van der Waals surface area contributed by atoms with Crippen molar-refractivity contribution in [3.05, 3.63) is 51.7 Å². The van der Waals surface area contributed by atoms with Gasteiger partial charge >= 0.3 is 0 Å². The van der Waals surface area contributed by atoms with E-state index in [0.717, 1.165) is 40.0 Å².